The first kappa shape index (κ1) is 18.4. The van der Waals surface area contributed by atoms with E-state index in [1.54, 1.807) is 21.3 Å². The Balaban J connectivity index is 1.72. The molecule has 2 aromatic rings. The van der Waals surface area contributed by atoms with Crippen molar-refractivity contribution in [2.75, 3.05) is 41.7 Å². The predicted octanol–water partition coefficient (Wildman–Crippen LogP) is 2.73. The maximum atomic E-state index is 11.6. The molecule has 7 heteroatoms. The number of ether oxygens (including phenoxy) is 5. The molecule has 3 aliphatic rings. The van der Waals surface area contributed by atoms with Crippen LogP contribution in [0.2, 0.25) is 0 Å². The number of aliphatic hydroxyl groups is 1. The van der Waals surface area contributed by atoms with E-state index in [4.69, 9.17) is 23.7 Å². The maximum Gasteiger partial charge on any atom is 0.231 e. The van der Waals surface area contributed by atoms with Crippen molar-refractivity contribution in [1.82, 2.24) is 0 Å². The minimum atomic E-state index is -0.711. The molecule has 5 rings (SSSR count). The van der Waals surface area contributed by atoms with Crippen LogP contribution in [0.5, 0.6) is 28.7 Å². The van der Waals surface area contributed by atoms with Crippen LogP contribution >= 0.6 is 0 Å². The molecule has 154 valence electrons. The van der Waals surface area contributed by atoms with E-state index in [0.717, 1.165) is 41.8 Å². The molecular formula is C22H26NO6+. The van der Waals surface area contributed by atoms with E-state index in [0.29, 0.717) is 33.2 Å². The highest BCUT2D eigenvalue weighted by Gasteiger charge is 2.52. The second-order valence-electron chi connectivity index (χ2n) is 8.09. The van der Waals surface area contributed by atoms with Gasteiger partial charge >= 0.3 is 0 Å². The van der Waals surface area contributed by atoms with Crippen molar-refractivity contribution >= 4 is 0 Å². The zero-order valence-electron chi connectivity index (χ0n) is 17.2. The van der Waals surface area contributed by atoms with Crippen LogP contribution in [-0.4, -0.2) is 51.3 Å². The normalized spacial score (nSPS) is 26.2. The summed E-state index contributed by atoms with van der Waals surface area (Å²) in [6.45, 7) is 1.81. The summed E-state index contributed by atoms with van der Waals surface area (Å²) >= 11 is 0. The molecule has 0 aromatic heterocycles. The molecule has 0 saturated heterocycles. The first-order valence-electron chi connectivity index (χ1n) is 9.77. The van der Waals surface area contributed by atoms with Gasteiger partial charge in [-0.05, 0) is 23.3 Å². The van der Waals surface area contributed by atoms with Crippen LogP contribution in [0.15, 0.2) is 18.2 Å². The largest absolute Gasteiger partial charge is 0.493 e. The van der Waals surface area contributed by atoms with Gasteiger partial charge in [0.25, 0.3) is 0 Å². The van der Waals surface area contributed by atoms with Gasteiger partial charge in [-0.2, -0.15) is 0 Å². The molecule has 0 unspecified atom stereocenters. The number of benzene rings is 2. The van der Waals surface area contributed by atoms with E-state index < -0.39 is 6.10 Å². The lowest BCUT2D eigenvalue weighted by molar-refractivity contribution is -0.960. The molecule has 3 atom stereocenters. The van der Waals surface area contributed by atoms with Gasteiger partial charge in [-0.25, -0.2) is 0 Å². The van der Waals surface area contributed by atoms with E-state index in [9.17, 15) is 5.11 Å². The van der Waals surface area contributed by atoms with Gasteiger partial charge in [0.05, 0.1) is 46.0 Å². The van der Waals surface area contributed by atoms with Gasteiger partial charge in [0.1, 0.15) is 18.7 Å². The lowest BCUT2D eigenvalue weighted by atomic mass is 9.79. The summed E-state index contributed by atoms with van der Waals surface area (Å²) in [4.78, 5) is 0. The third kappa shape index (κ3) is 2.44. The topological polar surface area (TPSA) is 66.4 Å². The molecule has 2 aromatic carbocycles. The summed E-state index contributed by atoms with van der Waals surface area (Å²) in [5, 5.41) is 11.6. The molecule has 0 radical (unpaired) electrons. The second kappa shape index (κ2) is 6.43. The number of likely N-dealkylation sites (N-methyl/N-ethyl adjacent to an activating group) is 1. The van der Waals surface area contributed by atoms with Gasteiger partial charge in [0.2, 0.25) is 12.5 Å². The van der Waals surface area contributed by atoms with Gasteiger partial charge in [0.15, 0.2) is 23.0 Å². The molecule has 0 saturated carbocycles. The SMILES string of the molecule is COc1ccc2c(c1OC)C[N@+]1(C)CCc3cc4c(c(OC)c3[C@@H]1[C@H]2O)OCO4. The number of quaternary nitrogens is 1. The standard InChI is InChI=1S/C22H26NO6/c1-23-8-7-12-9-16-21(29-11-28-16)22(27-4)17(12)18(23)19(24)13-5-6-15(25-2)20(26-3)14(13)10-23/h5-6,9,18-19,24H,7-8,10-11H2,1-4H3/q+1/t18-,19+,23+/m1/s1. The summed E-state index contributed by atoms with van der Waals surface area (Å²) in [7, 11) is 7.11. The Kier molecular flexibility index (Phi) is 4.08. The molecule has 0 spiro atoms. The van der Waals surface area contributed by atoms with Crippen LogP contribution in [0, 0.1) is 0 Å². The van der Waals surface area contributed by atoms with Gasteiger partial charge in [-0.15, -0.1) is 0 Å². The van der Waals surface area contributed by atoms with Gasteiger partial charge in [-0.3, -0.25) is 0 Å². The molecular weight excluding hydrogens is 374 g/mol. The fourth-order valence-corrected chi connectivity index (χ4v) is 5.29. The van der Waals surface area contributed by atoms with Crippen molar-refractivity contribution in [1.29, 1.82) is 0 Å². The van der Waals surface area contributed by atoms with Gasteiger partial charge in [-0.1, -0.05) is 6.07 Å². The number of fused-ring (bicyclic) bond motifs is 5. The van der Waals surface area contributed by atoms with Crippen molar-refractivity contribution in [3.63, 3.8) is 0 Å². The average molecular weight is 400 g/mol. The number of rotatable bonds is 3. The minimum Gasteiger partial charge on any atom is -0.493 e. The molecule has 0 aliphatic carbocycles. The van der Waals surface area contributed by atoms with E-state index >= 15 is 0 Å². The summed E-state index contributed by atoms with van der Waals surface area (Å²) < 4.78 is 28.9. The smallest absolute Gasteiger partial charge is 0.231 e. The molecule has 7 nitrogen and oxygen atoms in total. The molecule has 0 amide bonds. The Morgan fingerprint density at radius 3 is 2.59 bits per heavy atom. The van der Waals surface area contributed by atoms with E-state index in [-0.39, 0.29) is 12.8 Å². The average Bonchev–Trinajstić information content (AvgIpc) is 3.19. The van der Waals surface area contributed by atoms with Crippen molar-refractivity contribution in [2.45, 2.75) is 25.1 Å². The first-order chi connectivity index (χ1) is 14.0. The van der Waals surface area contributed by atoms with Crippen molar-refractivity contribution < 1.29 is 33.3 Å². The van der Waals surface area contributed by atoms with Crippen LogP contribution in [0.4, 0.5) is 0 Å². The van der Waals surface area contributed by atoms with E-state index in [2.05, 4.69) is 7.05 Å². The highest BCUT2D eigenvalue weighted by Crippen LogP contribution is 2.57. The van der Waals surface area contributed by atoms with Gasteiger partial charge in [0, 0.05) is 6.42 Å². The van der Waals surface area contributed by atoms with Gasteiger partial charge < -0.3 is 33.3 Å². The Hall–Kier alpha value is -2.64. The molecule has 0 fully saturated rings. The van der Waals surface area contributed by atoms with Crippen molar-refractivity contribution in [3.8, 4) is 28.7 Å². The Morgan fingerprint density at radius 1 is 1.07 bits per heavy atom. The van der Waals surface area contributed by atoms with E-state index in [1.165, 1.54) is 0 Å². The Labute approximate surface area is 169 Å². The van der Waals surface area contributed by atoms with E-state index in [1.807, 2.05) is 18.2 Å². The van der Waals surface area contributed by atoms with Crippen LogP contribution in [0.3, 0.4) is 0 Å². The monoisotopic (exact) mass is 400 g/mol. The summed E-state index contributed by atoms with van der Waals surface area (Å²) in [5.74, 6) is 3.40. The van der Waals surface area contributed by atoms with Crippen LogP contribution in [0.25, 0.3) is 0 Å². The number of hydrogen-bond donors (Lipinski definition) is 1. The lowest BCUT2D eigenvalue weighted by Gasteiger charge is -2.51. The molecule has 3 heterocycles. The fraction of sp³-hybridized carbons (Fsp3) is 0.455. The predicted molar refractivity (Wildman–Crippen MR) is 105 cm³/mol. The van der Waals surface area contributed by atoms with Crippen LogP contribution in [-0.2, 0) is 13.0 Å². The summed E-state index contributed by atoms with van der Waals surface area (Å²) in [6, 6.07) is 5.67. The zero-order chi connectivity index (χ0) is 20.3. The Bertz CT molecular complexity index is 990. The Morgan fingerprint density at radius 2 is 1.86 bits per heavy atom. The maximum absolute atomic E-state index is 11.6. The second-order valence-corrected chi connectivity index (χ2v) is 8.09. The minimum absolute atomic E-state index is 0.172. The third-order valence-electron chi connectivity index (χ3n) is 6.63. The highest BCUT2D eigenvalue weighted by molar-refractivity contribution is 5.62. The molecule has 0 bridgehead atoms. The third-order valence-corrected chi connectivity index (χ3v) is 6.63. The molecule has 29 heavy (non-hydrogen) atoms. The van der Waals surface area contributed by atoms with Crippen LogP contribution in [0.1, 0.15) is 34.4 Å². The number of nitrogens with zero attached hydrogens (tertiary/aromatic N) is 1. The number of hydrogen-bond acceptors (Lipinski definition) is 6. The molecule has 1 N–H and O–H groups in total. The first-order valence-corrected chi connectivity index (χ1v) is 9.77. The lowest BCUT2D eigenvalue weighted by Crippen LogP contribution is -2.55. The quantitative estimate of drug-likeness (QED) is 0.800. The van der Waals surface area contributed by atoms with Crippen LogP contribution < -0.4 is 23.7 Å². The number of aliphatic hydroxyl groups excluding tert-OH is 1. The molecule has 3 aliphatic heterocycles. The van der Waals surface area contributed by atoms with Crippen molar-refractivity contribution in [2.24, 2.45) is 0 Å². The number of methoxy groups -OCH3 is 3. The fourth-order valence-electron chi connectivity index (χ4n) is 5.29. The summed E-state index contributed by atoms with van der Waals surface area (Å²) in [6.07, 6.45) is 0.154. The van der Waals surface area contributed by atoms with Crippen molar-refractivity contribution in [3.05, 3.63) is 40.5 Å². The highest BCUT2D eigenvalue weighted by atomic mass is 16.7. The summed E-state index contributed by atoms with van der Waals surface area (Å²) in [5.41, 5.74) is 4.03. The zero-order valence-corrected chi connectivity index (χ0v) is 17.2.